The Bertz CT molecular complexity index is 750. The summed E-state index contributed by atoms with van der Waals surface area (Å²) in [7, 11) is 0. The largest absolute Gasteiger partial charge is 0.481 e. The van der Waals surface area contributed by atoms with Crippen molar-refractivity contribution in [3.8, 4) is 0 Å². The fourth-order valence-electron chi connectivity index (χ4n) is 2.00. The first-order valence-electron chi connectivity index (χ1n) is 5.43. The number of nitrogen functional groups attached to an aromatic ring is 1. The van der Waals surface area contributed by atoms with Gasteiger partial charge in [-0.1, -0.05) is 6.07 Å². The molecule has 8 heteroatoms. The Kier molecular flexibility index (Phi) is 3.16. The van der Waals surface area contributed by atoms with Crippen molar-refractivity contribution < 1.29 is 23.1 Å². The molecular weight excluding hydrogens is 277 g/mol. The van der Waals surface area contributed by atoms with E-state index in [4.69, 9.17) is 10.8 Å². The second-order valence-corrected chi connectivity index (χ2v) is 4.18. The molecule has 106 valence electrons. The van der Waals surface area contributed by atoms with Crippen molar-refractivity contribution in [1.82, 2.24) is 4.98 Å². The third kappa shape index (κ3) is 2.44. The number of halogens is 3. The Balaban J connectivity index is 2.91. The van der Waals surface area contributed by atoms with Crippen molar-refractivity contribution in [2.75, 3.05) is 5.73 Å². The van der Waals surface area contributed by atoms with E-state index in [1.165, 1.54) is 12.1 Å². The molecule has 0 saturated carbocycles. The molecule has 0 aliphatic rings. The Morgan fingerprint density at radius 2 is 2.00 bits per heavy atom. The average molecular weight is 286 g/mol. The highest BCUT2D eigenvalue weighted by atomic mass is 19.4. The zero-order valence-corrected chi connectivity index (χ0v) is 9.91. The molecule has 0 bridgehead atoms. The minimum absolute atomic E-state index is 0.0866. The van der Waals surface area contributed by atoms with Crippen molar-refractivity contribution >= 4 is 22.6 Å². The minimum Gasteiger partial charge on any atom is -0.481 e. The first kappa shape index (κ1) is 13.9. The van der Waals surface area contributed by atoms with Gasteiger partial charge in [-0.25, -0.2) is 0 Å². The molecule has 0 radical (unpaired) electrons. The van der Waals surface area contributed by atoms with Crippen LogP contribution in [0.25, 0.3) is 10.9 Å². The van der Waals surface area contributed by atoms with Gasteiger partial charge >= 0.3 is 12.1 Å². The second-order valence-electron chi connectivity index (χ2n) is 4.18. The fraction of sp³-hybridized carbons (Fsp3) is 0.167. The van der Waals surface area contributed by atoms with Crippen LogP contribution in [0.5, 0.6) is 0 Å². The highest BCUT2D eigenvalue weighted by molar-refractivity contribution is 5.87. The molecule has 0 aliphatic heterocycles. The van der Waals surface area contributed by atoms with Gasteiger partial charge < -0.3 is 15.8 Å². The van der Waals surface area contributed by atoms with E-state index in [9.17, 15) is 22.8 Å². The third-order valence-corrected chi connectivity index (χ3v) is 2.75. The van der Waals surface area contributed by atoms with Crippen molar-refractivity contribution in [3.63, 3.8) is 0 Å². The number of rotatable bonds is 2. The van der Waals surface area contributed by atoms with Crippen LogP contribution in [0.2, 0.25) is 0 Å². The van der Waals surface area contributed by atoms with Crippen LogP contribution in [-0.2, 0) is 17.4 Å². The minimum atomic E-state index is -4.84. The topological polar surface area (TPSA) is 96.2 Å². The number of carboxylic acids is 1. The van der Waals surface area contributed by atoms with Crippen LogP contribution >= 0.6 is 0 Å². The Morgan fingerprint density at radius 3 is 2.55 bits per heavy atom. The number of nitrogens with two attached hydrogens (primary N) is 1. The molecular formula is C12H9F3N2O3. The van der Waals surface area contributed by atoms with Crippen LogP contribution in [0, 0.1) is 0 Å². The number of carbonyl (C=O) groups is 1. The monoisotopic (exact) mass is 286 g/mol. The molecule has 2 aromatic rings. The quantitative estimate of drug-likeness (QED) is 0.733. The van der Waals surface area contributed by atoms with Crippen LogP contribution in [0.3, 0.4) is 0 Å². The van der Waals surface area contributed by atoms with E-state index >= 15 is 0 Å². The summed E-state index contributed by atoms with van der Waals surface area (Å²) in [5, 5.41) is 8.37. The number of aromatic nitrogens is 1. The maximum absolute atomic E-state index is 13.1. The van der Waals surface area contributed by atoms with Gasteiger partial charge in [0.1, 0.15) is 0 Å². The number of anilines is 1. The molecule has 4 N–H and O–H groups in total. The smallest absolute Gasteiger partial charge is 0.417 e. The highest BCUT2D eigenvalue weighted by Crippen LogP contribution is 2.36. The van der Waals surface area contributed by atoms with Gasteiger partial charge in [0.25, 0.3) is 5.56 Å². The second kappa shape index (κ2) is 4.55. The molecule has 1 heterocycles. The summed E-state index contributed by atoms with van der Waals surface area (Å²) < 4.78 is 39.4. The van der Waals surface area contributed by atoms with Gasteiger partial charge in [-0.15, -0.1) is 0 Å². The molecule has 5 nitrogen and oxygen atoms in total. The van der Waals surface area contributed by atoms with Gasteiger partial charge in [0.2, 0.25) is 0 Å². The molecule has 20 heavy (non-hydrogen) atoms. The Labute approximate surface area is 109 Å². The first-order chi connectivity index (χ1) is 9.20. The maximum atomic E-state index is 13.1. The number of pyridine rings is 1. The van der Waals surface area contributed by atoms with E-state index in [1.807, 2.05) is 0 Å². The van der Waals surface area contributed by atoms with E-state index in [2.05, 4.69) is 4.98 Å². The number of carboxylic acid groups (broad SMARTS) is 1. The lowest BCUT2D eigenvalue weighted by molar-refractivity contribution is -0.138. The lowest BCUT2D eigenvalue weighted by Gasteiger charge is -2.14. The number of fused-ring (bicyclic) bond motifs is 1. The fourth-order valence-corrected chi connectivity index (χ4v) is 2.00. The number of hydrogen-bond acceptors (Lipinski definition) is 3. The SMILES string of the molecule is Nc1ccc2c(C(F)(F)F)c(CC(=O)O)c(=O)[nH]c2c1. The average Bonchev–Trinajstić information content (AvgIpc) is 2.27. The molecule has 0 fully saturated rings. The number of H-pyrrole nitrogens is 1. The van der Waals surface area contributed by atoms with Gasteiger partial charge in [0, 0.05) is 16.6 Å². The van der Waals surface area contributed by atoms with E-state index < -0.39 is 35.3 Å². The number of hydrogen-bond donors (Lipinski definition) is 3. The highest BCUT2D eigenvalue weighted by Gasteiger charge is 2.37. The molecule has 0 saturated heterocycles. The van der Waals surface area contributed by atoms with E-state index in [1.54, 1.807) is 0 Å². The number of aliphatic carboxylic acids is 1. The summed E-state index contributed by atoms with van der Waals surface area (Å²) in [6, 6.07) is 3.55. The zero-order valence-electron chi connectivity index (χ0n) is 9.91. The zero-order chi connectivity index (χ0) is 15.1. The third-order valence-electron chi connectivity index (χ3n) is 2.75. The van der Waals surface area contributed by atoms with E-state index in [-0.39, 0.29) is 16.6 Å². The molecule has 1 aromatic carbocycles. The Hall–Kier alpha value is -2.51. The number of aromatic amines is 1. The number of nitrogens with one attached hydrogen (secondary N) is 1. The van der Waals surface area contributed by atoms with Crippen LogP contribution in [-0.4, -0.2) is 16.1 Å². The molecule has 2 rings (SSSR count). The van der Waals surface area contributed by atoms with Gasteiger partial charge in [0.15, 0.2) is 0 Å². The van der Waals surface area contributed by atoms with Crippen molar-refractivity contribution in [2.45, 2.75) is 12.6 Å². The first-order valence-corrected chi connectivity index (χ1v) is 5.43. The summed E-state index contributed by atoms with van der Waals surface area (Å²) >= 11 is 0. The van der Waals surface area contributed by atoms with Crippen LogP contribution < -0.4 is 11.3 Å². The summed E-state index contributed by atoms with van der Waals surface area (Å²) in [5.41, 5.74) is 2.42. The lowest BCUT2D eigenvalue weighted by atomic mass is 10.0. The number of benzene rings is 1. The molecule has 0 atom stereocenters. The van der Waals surface area contributed by atoms with Crippen molar-refractivity contribution in [2.24, 2.45) is 0 Å². The van der Waals surface area contributed by atoms with Crippen molar-refractivity contribution in [1.29, 1.82) is 0 Å². The van der Waals surface area contributed by atoms with E-state index in [0.717, 1.165) is 6.07 Å². The van der Waals surface area contributed by atoms with Crippen LogP contribution in [0.15, 0.2) is 23.0 Å². The van der Waals surface area contributed by atoms with E-state index in [0.29, 0.717) is 0 Å². The van der Waals surface area contributed by atoms with Gasteiger partial charge in [-0.05, 0) is 12.1 Å². The predicted octanol–water partition coefficient (Wildman–Crippen LogP) is 1.76. The molecule has 0 unspecified atom stereocenters. The molecule has 1 aromatic heterocycles. The summed E-state index contributed by atoms with van der Waals surface area (Å²) in [5.74, 6) is -1.52. The number of alkyl halides is 3. The summed E-state index contributed by atoms with van der Waals surface area (Å²) in [6.07, 6.45) is -5.85. The lowest BCUT2D eigenvalue weighted by Crippen LogP contribution is -2.24. The van der Waals surface area contributed by atoms with Gasteiger partial charge in [0.05, 0.1) is 17.5 Å². The standard InChI is InChI=1S/C12H9F3N2O3/c13-12(14,15)10-6-2-1-5(16)3-8(6)17-11(20)7(10)4-9(18)19/h1-3H,4,16H2,(H,17,20)(H,18,19). The molecule has 0 aliphatic carbocycles. The molecule has 0 amide bonds. The van der Waals surface area contributed by atoms with Gasteiger partial charge in [-0.3, -0.25) is 9.59 Å². The van der Waals surface area contributed by atoms with Crippen LogP contribution in [0.4, 0.5) is 18.9 Å². The maximum Gasteiger partial charge on any atom is 0.417 e. The normalized spacial score (nSPS) is 11.8. The summed E-state index contributed by atoms with van der Waals surface area (Å²) in [6.45, 7) is 0. The van der Waals surface area contributed by atoms with Crippen LogP contribution in [0.1, 0.15) is 11.1 Å². The summed E-state index contributed by atoms with van der Waals surface area (Å²) in [4.78, 5) is 24.6. The Morgan fingerprint density at radius 1 is 1.35 bits per heavy atom. The predicted molar refractivity (Wildman–Crippen MR) is 65.3 cm³/mol. The van der Waals surface area contributed by atoms with Crippen molar-refractivity contribution in [3.05, 3.63) is 39.7 Å². The molecule has 0 spiro atoms. The van der Waals surface area contributed by atoms with Gasteiger partial charge in [-0.2, -0.15) is 13.2 Å².